The molecule has 1 amide bonds. The summed E-state index contributed by atoms with van der Waals surface area (Å²) in [6, 6.07) is 9.65. The van der Waals surface area contributed by atoms with E-state index in [1.807, 2.05) is 22.6 Å². The quantitative estimate of drug-likeness (QED) is 0.274. The average molecular weight is 768 g/mol. The number of likely N-dealkylation sites (tertiary alicyclic amines) is 2. The number of anilines is 2. The van der Waals surface area contributed by atoms with Crippen molar-refractivity contribution < 1.29 is 23.4 Å². The number of phenols is 1. The van der Waals surface area contributed by atoms with E-state index in [0.717, 1.165) is 97.5 Å². The van der Waals surface area contributed by atoms with Crippen LogP contribution in [0.5, 0.6) is 11.8 Å². The first-order valence-electron chi connectivity index (χ1n) is 20.6. The van der Waals surface area contributed by atoms with Gasteiger partial charge in [0.1, 0.15) is 30.2 Å². The Morgan fingerprint density at radius 3 is 2.79 bits per heavy atom. The van der Waals surface area contributed by atoms with Crippen molar-refractivity contribution in [2.24, 2.45) is 0 Å². The van der Waals surface area contributed by atoms with Gasteiger partial charge >= 0.3 is 6.01 Å². The Labute approximate surface area is 326 Å². The number of rotatable bonds is 7. The second-order valence-electron chi connectivity index (χ2n) is 17.0. The molecule has 4 fully saturated rings. The summed E-state index contributed by atoms with van der Waals surface area (Å²) in [6.07, 6.45) is 5.46. The molecule has 8 heterocycles. The van der Waals surface area contributed by atoms with E-state index in [0.29, 0.717) is 75.9 Å². The molecular weight excluding hydrogens is 717 g/mol. The number of phenolic OH excluding ortho intramolecular Hbond substituents is 1. The Morgan fingerprint density at radius 2 is 1.91 bits per heavy atom. The summed E-state index contributed by atoms with van der Waals surface area (Å²) < 4.78 is 38.4. The molecule has 12 nitrogen and oxygen atoms in total. The highest BCUT2D eigenvalue weighted by Crippen LogP contribution is 2.42. The number of aryl methyl sites for hydroxylation is 2. The highest BCUT2D eigenvalue weighted by atomic mass is 19.1. The molecule has 6 aliphatic heterocycles. The molecule has 2 bridgehead atoms. The molecule has 296 valence electrons. The summed E-state index contributed by atoms with van der Waals surface area (Å²) in [7, 11) is 2.15. The minimum Gasteiger partial charge on any atom is -0.508 e. The maximum atomic E-state index is 15.2. The largest absolute Gasteiger partial charge is 0.508 e. The summed E-state index contributed by atoms with van der Waals surface area (Å²) in [4.78, 5) is 35.2. The molecule has 1 N–H and O–H groups in total. The van der Waals surface area contributed by atoms with Gasteiger partial charge < -0.3 is 29.4 Å². The number of likely N-dealkylation sites (N-methyl/N-ethyl adjacent to an activating group) is 1. The Bertz CT molecular complexity index is 2200. The Balaban J connectivity index is 0.986. The lowest BCUT2D eigenvalue weighted by molar-refractivity contribution is 0.0650. The number of piperidine rings is 1. The van der Waals surface area contributed by atoms with Crippen molar-refractivity contribution in [1.82, 2.24) is 34.4 Å². The molecule has 10 rings (SSSR count). The fraction of sp³-hybridized carbons (Fsp3) is 0.571. The number of hydrogen-bond donors (Lipinski definition) is 1. The van der Waals surface area contributed by atoms with Crippen LogP contribution in [0.2, 0.25) is 0 Å². The van der Waals surface area contributed by atoms with Gasteiger partial charge in [0, 0.05) is 80.5 Å². The smallest absolute Gasteiger partial charge is 0.318 e. The van der Waals surface area contributed by atoms with Crippen LogP contribution in [0.1, 0.15) is 78.5 Å². The molecule has 4 aromatic rings. The molecule has 2 unspecified atom stereocenters. The molecular formula is C42H51F2N9O3. The topological polar surface area (TPSA) is 106 Å². The zero-order valence-corrected chi connectivity index (χ0v) is 32.4. The van der Waals surface area contributed by atoms with Crippen molar-refractivity contribution in [3.63, 3.8) is 0 Å². The fourth-order valence-corrected chi connectivity index (χ4v) is 10.9. The third-order valence-corrected chi connectivity index (χ3v) is 13.7. The third kappa shape index (κ3) is 6.05. The van der Waals surface area contributed by atoms with Gasteiger partial charge in [0.25, 0.3) is 5.91 Å². The van der Waals surface area contributed by atoms with Crippen LogP contribution in [0, 0.1) is 5.82 Å². The first-order chi connectivity index (χ1) is 27.2. The summed E-state index contributed by atoms with van der Waals surface area (Å²) in [6.45, 7) is 8.24. The minimum absolute atomic E-state index is 0.0133. The zero-order chi connectivity index (χ0) is 38.3. The number of aromatic nitrogens is 4. The first-order valence-corrected chi connectivity index (χ1v) is 20.6. The lowest BCUT2D eigenvalue weighted by Crippen LogP contribution is -2.44. The van der Waals surface area contributed by atoms with E-state index < -0.39 is 6.17 Å². The number of benzene rings is 2. The van der Waals surface area contributed by atoms with Gasteiger partial charge in [-0.1, -0.05) is 13.0 Å². The lowest BCUT2D eigenvalue weighted by Gasteiger charge is -2.35. The van der Waals surface area contributed by atoms with Gasteiger partial charge in [0.15, 0.2) is 5.69 Å². The van der Waals surface area contributed by atoms with Crippen LogP contribution >= 0.6 is 0 Å². The van der Waals surface area contributed by atoms with E-state index in [9.17, 15) is 14.3 Å². The number of carbonyl (C=O) groups excluding carboxylic acids is 1. The number of alkyl halides is 1. The van der Waals surface area contributed by atoms with Gasteiger partial charge in [-0.3, -0.25) is 14.4 Å². The summed E-state index contributed by atoms with van der Waals surface area (Å²) >= 11 is 0. The second-order valence-corrected chi connectivity index (χ2v) is 17.0. The molecule has 4 saturated heterocycles. The minimum atomic E-state index is -0.868. The number of halogens is 2. The monoisotopic (exact) mass is 767 g/mol. The summed E-state index contributed by atoms with van der Waals surface area (Å²) in [5.74, 6) is 0.689. The van der Waals surface area contributed by atoms with Crippen molar-refractivity contribution in [3.8, 4) is 11.8 Å². The SMILES string of the molecule is CCc1c(F)ccc2cc(O)cc(N3CCc4c(nc(OC[C@@]56CCCN5C[C@H](F)C6)nc4N4CCCn5nc(C(=O)N6CCC7CC6CN7C)cc5C4)C3)c12. The fourth-order valence-electron chi connectivity index (χ4n) is 10.9. The van der Waals surface area contributed by atoms with Crippen LogP contribution in [0.3, 0.4) is 0 Å². The number of hydrogen-bond acceptors (Lipinski definition) is 10. The number of fused-ring (bicyclic) bond motifs is 6. The van der Waals surface area contributed by atoms with Crippen LogP contribution in [0.25, 0.3) is 10.8 Å². The van der Waals surface area contributed by atoms with E-state index in [1.165, 1.54) is 6.07 Å². The van der Waals surface area contributed by atoms with E-state index >= 15 is 4.39 Å². The highest BCUT2D eigenvalue weighted by Gasteiger charge is 2.49. The molecule has 2 aromatic heterocycles. The second kappa shape index (κ2) is 13.8. The number of carbonyl (C=O) groups is 1. The van der Waals surface area contributed by atoms with Crippen molar-refractivity contribution in [3.05, 3.63) is 64.4 Å². The van der Waals surface area contributed by atoms with Gasteiger partial charge in [0.05, 0.1) is 30.0 Å². The van der Waals surface area contributed by atoms with E-state index in [4.69, 9.17) is 19.8 Å². The molecule has 14 heteroatoms. The molecule has 4 atom stereocenters. The maximum absolute atomic E-state index is 15.2. The Hall–Kier alpha value is -4.56. The van der Waals surface area contributed by atoms with Crippen molar-refractivity contribution in [1.29, 1.82) is 0 Å². The van der Waals surface area contributed by atoms with Crippen molar-refractivity contribution in [2.75, 3.05) is 62.7 Å². The van der Waals surface area contributed by atoms with Crippen LogP contribution in [0.4, 0.5) is 20.3 Å². The molecule has 0 saturated carbocycles. The highest BCUT2D eigenvalue weighted by molar-refractivity contribution is 5.98. The molecule has 2 aromatic carbocycles. The zero-order valence-electron chi connectivity index (χ0n) is 32.4. The summed E-state index contributed by atoms with van der Waals surface area (Å²) in [5.41, 5.74) is 4.36. The summed E-state index contributed by atoms with van der Waals surface area (Å²) in [5, 5.41) is 17.3. The van der Waals surface area contributed by atoms with Crippen LogP contribution < -0.4 is 14.5 Å². The Kier molecular flexibility index (Phi) is 8.84. The van der Waals surface area contributed by atoms with Crippen LogP contribution in [-0.2, 0) is 32.5 Å². The van der Waals surface area contributed by atoms with E-state index in [-0.39, 0.29) is 35.1 Å². The molecule has 0 aliphatic carbocycles. The standard InChI is InChI=1S/C42H51F2N9O3/c1-3-32-34(44)7-6-26-16-31(54)19-37(38(26)32)49-14-9-33-36(24-49)45-41(56-25-42-10-4-12-51(42)21-27(43)20-42)46-39(33)50-11-5-13-53-30(23-50)18-35(47-53)40(55)52-15-8-28-17-29(52)22-48(28)2/h6-7,16,18-19,27-29,54H,3-5,8-15,17,20-25H2,1-2H3/t27-,28?,29?,42+/m1/s1. The number of nitrogens with zero attached hydrogens (tertiary/aromatic N) is 9. The maximum Gasteiger partial charge on any atom is 0.318 e. The van der Waals surface area contributed by atoms with E-state index in [1.54, 1.807) is 18.2 Å². The first kappa shape index (κ1) is 35.8. The van der Waals surface area contributed by atoms with E-state index in [2.05, 4.69) is 26.6 Å². The predicted octanol–water partition coefficient (Wildman–Crippen LogP) is 5.08. The van der Waals surface area contributed by atoms with Crippen molar-refractivity contribution in [2.45, 2.75) is 102 Å². The molecule has 56 heavy (non-hydrogen) atoms. The lowest BCUT2D eigenvalue weighted by atomic mass is 9.95. The normalized spacial score (nSPS) is 26.4. The van der Waals surface area contributed by atoms with Gasteiger partial charge in [-0.05, 0) is 87.7 Å². The van der Waals surface area contributed by atoms with Gasteiger partial charge in [-0.15, -0.1) is 0 Å². The third-order valence-electron chi connectivity index (χ3n) is 13.7. The van der Waals surface area contributed by atoms with Crippen LogP contribution in [0.15, 0.2) is 30.3 Å². The number of amides is 1. The van der Waals surface area contributed by atoms with Crippen LogP contribution in [-0.4, -0.2) is 122 Å². The molecule has 6 aliphatic rings. The predicted molar refractivity (Wildman–Crippen MR) is 209 cm³/mol. The van der Waals surface area contributed by atoms with Gasteiger partial charge in [-0.2, -0.15) is 15.1 Å². The molecule has 0 radical (unpaired) electrons. The Morgan fingerprint density at radius 1 is 1.02 bits per heavy atom. The van der Waals surface area contributed by atoms with Crippen molar-refractivity contribution >= 4 is 28.2 Å². The average Bonchev–Trinajstić information content (AvgIpc) is 3.90. The number of aromatic hydroxyl groups is 1. The molecule has 0 spiro atoms. The number of ether oxygens (including phenoxy) is 1. The van der Waals surface area contributed by atoms with Gasteiger partial charge in [0.2, 0.25) is 0 Å². The van der Waals surface area contributed by atoms with Gasteiger partial charge in [-0.25, -0.2) is 8.78 Å².